The number of aromatic nitrogens is 5. The van der Waals surface area contributed by atoms with Crippen molar-refractivity contribution in [3.63, 3.8) is 0 Å². The van der Waals surface area contributed by atoms with Gasteiger partial charge in [0, 0.05) is 22.4 Å². The fourth-order valence-electron chi connectivity index (χ4n) is 3.23. The molecule has 0 aliphatic heterocycles. The third kappa shape index (κ3) is 3.40. The number of ether oxygens (including phenoxy) is 1. The quantitative estimate of drug-likeness (QED) is 0.346. The lowest BCUT2D eigenvalue weighted by Crippen LogP contribution is -2.09. The van der Waals surface area contributed by atoms with Crippen LogP contribution in [0.5, 0.6) is 5.88 Å². The topological polar surface area (TPSA) is 116 Å². The molecule has 10 heteroatoms. The zero-order valence-corrected chi connectivity index (χ0v) is 17.6. The predicted molar refractivity (Wildman–Crippen MR) is 115 cm³/mol. The van der Waals surface area contributed by atoms with Gasteiger partial charge in [-0.1, -0.05) is 51.4 Å². The van der Waals surface area contributed by atoms with Gasteiger partial charge >= 0.3 is 5.97 Å². The van der Waals surface area contributed by atoms with E-state index >= 15 is 0 Å². The number of nitrogens with zero attached hydrogens (tertiary/aromatic N) is 5. The van der Waals surface area contributed by atoms with Gasteiger partial charge in [-0.05, 0) is 19.1 Å². The third-order valence-electron chi connectivity index (χ3n) is 4.74. The molecule has 1 aromatic carbocycles. The summed E-state index contributed by atoms with van der Waals surface area (Å²) in [5.74, 6) is 0.440. The number of carboxylic acids is 1. The summed E-state index contributed by atoms with van der Waals surface area (Å²) in [6.07, 6.45) is 6.34. The van der Waals surface area contributed by atoms with Gasteiger partial charge in [-0.15, -0.1) is 15.3 Å². The molecule has 4 aromatic rings. The number of carboxylic acid groups (broad SMARTS) is 1. The average Bonchev–Trinajstić information content (AvgIpc) is 3.38. The van der Waals surface area contributed by atoms with Gasteiger partial charge in [0.15, 0.2) is 11.3 Å². The van der Waals surface area contributed by atoms with Crippen LogP contribution in [0.3, 0.4) is 0 Å². The van der Waals surface area contributed by atoms with Gasteiger partial charge in [0.1, 0.15) is 5.76 Å². The van der Waals surface area contributed by atoms with Crippen LogP contribution < -0.4 is 4.74 Å². The lowest BCUT2D eigenvalue weighted by molar-refractivity contribution is -0.132. The molecule has 1 atom stereocenters. The van der Waals surface area contributed by atoms with Crippen LogP contribution in [0.25, 0.3) is 27.9 Å². The molecule has 0 saturated heterocycles. The molecular weight excluding hydrogens is 466 g/mol. The molecule has 0 saturated carbocycles. The Morgan fingerprint density at radius 2 is 2.06 bits per heavy atom. The first-order valence-electron chi connectivity index (χ1n) is 9.23. The molecule has 0 bridgehead atoms. The first-order chi connectivity index (χ1) is 15.0. The van der Waals surface area contributed by atoms with E-state index in [1.807, 2.05) is 24.3 Å². The Labute approximate surface area is 183 Å². The maximum atomic E-state index is 11.2. The molecule has 9 nitrogen and oxygen atoms in total. The smallest absolute Gasteiger partial charge is 0.335 e. The first kappa shape index (κ1) is 19.2. The van der Waals surface area contributed by atoms with Gasteiger partial charge in [0.05, 0.1) is 16.7 Å². The fraction of sp³-hybridized carbons (Fsp3) is 0.0952. The largest absolute Gasteiger partial charge is 0.478 e. The lowest BCUT2D eigenvalue weighted by Gasteiger charge is -2.13. The first-order valence-corrected chi connectivity index (χ1v) is 10.1. The Balaban J connectivity index is 1.60. The highest BCUT2D eigenvalue weighted by Gasteiger charge is 2.19. The number of hydrogen-bond acceptors (Lipinski definition) is 7. The van der Waals surface area contributed by atoms with Crippen molar-refractivity contribution >= 4 is 38.3 Å². The maximum Gasteiger partial charge on any atom is 0.335 e. The molecule has 3 heterocycles. The Kier molecular flexibility index (Phi) is 4.63. The molecule has 154 valence electrons. The standard InChI is InChI=1S/C21H14BrN5O4/c1-11-8-17(26-31-11)19-24-23-18-14-4-2-3-5-15(14)20(25-27(18)19)30-10-13-7-6-12(21(28)29)9-16(13)22/h2-10,16H,1H3,(H,28,29). The van der Waals surface area contributed by atoms with Crippen molar-refractivity contribution in [2.45, 2.75) is 11.8 Å². The molecule has 0 amide bonds. The van der Waals surface area contributed by atoms with Gasteiger partial charge in [-0.2, -0.15) is 4.52 Å². The van der Waals surface area contributed by atoms with Crippen molar-refractivity contribution in [3.8, 4) is 17.4 Å². The maximum absolute atomic E-state index is 11.2. The number of aliphatic carboxylic acids is 1. The molecule has 3 aromatic heterocycles. The molecule has 1 aliphatic rings. The Morgan fingerprint density at radius 1 is 1.26 bits per heavy atom. The molecule has 1 N–H and O–H groups in total. The SMILES string of the molecule is Cc1cc(-c2nnc3c4ccccc4c(OC=C4C=CC(C(=O)O)=CC4Br)nn23)no1. The Bertz CT molecular complexity index is 1430. The number of aryl methyl sites for hydroxylation is 1. The molecule has 5 rings (SSSR count). The molecule has 0 fully saturated rings. The summed E-state index contributed by atoms with van der Waals surface area (Å²) in [5, 5.41) is 27.8. The normalized spacial score (nSPS) is 17.4. The molecule has 31 heavy (non-hydrogen) atoms. The number of allylic oxidation sites excluding steroid dienone is 3. The minimum absolute atomic E-state index is 0.209. The number of hydrogen-bond donors (Lipinski definition) is 1. The number of alkyl halides is 1. The van der Waals surface area contributed by atoms with E-state index < -0.39 is 5.97 Å². The molecular formula is C21H14BrN5O4. The summed E-state index contributed by atoms with van der Waals surface area (Å²) in [6.45, 7) is 1.79. The van der Waals surface area contributed by atoms with Gasteiger partial charge in [0.25, 0.3) is 0 Å². The summed E-state index contributed by atoms with van der Waals surface area (Å²) >= 11 is 3.46. The number of rotatable bonds is 4. The van der Waals surface area contributed by atoms with E-state index in [4.69, 9.17) is 14.4 Å². The van der Waals surface area contributed by atoms with Gasteiger partial charge in [-0.25, -0.2) is 4.79 Å². The van der Waals surface area contributed by atoms with Crippen LogP contribution in [0.15, 0.2) is 70.5 Å². The molecule has 1 unspecified atom stereocenters. The van der Waals surface area contributed by atoms with Crippen LogP contribution in [-0.4, -0.2) is 40.9 Å². The Morgan fingerprint density at radius 3 is 2.77 bits per heavy atom. The highest BCUT2D eigenvalue weighted by Crippen LogP contribution is 2.30. The van der Waals surface area contributed by atoms with E-state index in [-0.39, 0.29) is 10.4 Å². The van der Waals surface area contributed by atoms with Crippen LogP contribution >= 0.6 is 15.9 Å². The molecule has 0 radical (unpaired) electrons. The highest BCUT2D eigenvalue weighted by atomic mass is 79.9. The number of benzene rings is 1. The second-order valence-corrected chi connectivity index (χ2v) is 7.82. The van der Waals surface area contributed by atoms with Gasteiger partial charge in [-0.3, -0.25) is 0 Å². The van der Waals surface area contributed by atoms with E-state index in [1.54, 1.807) is 29.7 Å². The summed E-state index contributed by atoms with van der Waals surface area (Å²) in [5.41, 5.74) is 2.03. The highest BCUT2D eigenvalue weighted by molar-refractivity contribution is 9.09. The minimum atomic E-state index is -0.984. The van der Waals surface area contributed by atoms with Gasteiger partial charge in [0.2, 0.25) is 11.7 Å². The van der Waals surface area contributed by atoms with Crippen LogP contribution in [0, 0.1) is 6.92 Å². The number of halogens is 1. The fourth-order valence-corrected chi connectivity index (χ4v) is 3.77. The lowest BCUT2D eigenvalue weighted by atomic mass is 10.0. The Hall–Kier alpha value is -3.79. The molecule has 0 spiro atoms. The third-order valence-corrected chi connectivity index (χ3v) is 5.53. The van der Waals surface area contributed by atoms with E-state index in [1.165, 1.54) is 12.3 Å². The predicted octanol–water partition coefficient (Wildman–Crippen LogP) is 3.85. The number of carbonyl (C=O) groups is 1. The van der Waals surface area contributed by atoms with Crippen molar-refractivity contribution < 1.29 is 19.2 Å². The summed E-state index contributed by atoms with van der Waals surface area (Å²) in [4.78, 5) is 10.9. The van der Waals surface area contributed by atoms with Crippen LogP contribution in [-0.2, 0) is 4.79 Å². The van der Waals surface area contributed by atoms with Crippen molar-refractivity contribution in [1.82, 2.24) is 25.0 Å². The summed E-state index contributed by atoms with van der Waals surface area (Å²) < 4.78 is 12.7. The van der Waals surface area contributed by atoms with E-state index in [0.717, 1.165) is 16.3 Å². The van der Waals surface area contributed by atoms with E-state index in [9.17, 15) is 4.79 Å². The zero-order valence-electron chi connectivity index (χ0n) is 16.1. The van der Waals surface area contributed by atoms with Crippen LogP contribution in [0.4, 0.5) is 0 Å². The zero-order chi connectivity index (χ0) is 21.5. The van der Waals surface area contributed by atoms with Crippen LogP contribution in [0.2, 0.25) is 0 Å². The average molecular weight is 480 g/mol. The van der Waals surface area contributed by atoms with Gasteiger partial charge < -0.3 is 14.4 Å². The van der Waals surface area contributed by atoms with E-state index in [2.05, 4.69) is 36.4 Å². The summed E-state index contributed by atoms with van der Waals surface area (Å²) in [7, 11) is 0. The van der Waals surface area contributed by atoms with Crippen molar-refractivity contribution in [1.29, 1.82) is 0 Å². The van der Waals surface area contributed by atoms with Crippen LogP contribution in [0.1, 0.15) is 5.76 Å². The summed E-state index contributed by atoms with van der Waals surface area (Å²) in [6, 6.07) is 9.33. The van der Waals surface area contributed by atoms with Crippen molar-refractivity contribution in [3.05, 3.63) is 71.7 Å². The monoisotopic (exact) mass is 479 g/mol. The second kappa shape index (κ2) is 7.47. The number of fused-ring (bicyclic) bond motifs is 3. The second-order valence-electron chi connectivity index (χ2n) is 6.83. The minimum Gasteiger partial charge on any atom is -0.478 e. The van der Waals surface area contributed by atoms with Crippen molar-refractivity contribution in [2.24, 2.45) is 0 Å². The van der Waals surface area contributed by atoms with E-state index in [0.29, 0.717) is 28.8 Å². The molecule has 1 aliphatic carbocycles. The van der Waals surface area contributed by atoms with Crippen molar-refractivity contribution in [2.75, 3.05) is 0 Å².